The lowest BCUT2D eigenvalue weighted by Crippen LogP contribution is -2.31. The molecule has 3 amide bonds. The zero-order chi connectivity index (χ0) is 24.2. The molecule has 1 aliphatic heterocycles. The van der Waals surface area contributed by atoms with Crippen LogP contribution in [0.4, 0.5) is 4.39 Å². The summed E-state index contributed by atoms with van der Waals surface area (Å²) in [5.74, 6) is -2.10. The first kappa shape index (κ1) is 22.8. The molecule has 0 saturated heterocycles. The molecule has 34 heavy (non-hydrogen) atoms. The van der Waals surface area contributed by atoms with E-state index in [0.29, 0.717) is 27.8 Å². The Morgan fingerprint density at radius 3 is 2.06 bits per heavy atom. The van der Waals surface area contributed by atoms with Crippen LogP contribution in [0.15, 0.2) is 72.8 Å². The molecule has 0 aliphatic carbocycles. The Morgan fingerprint density at radius 2 is 1.50 bits per heavy atom. The summed E-state index contributed by atoms with van der Waals surface area (Å²) in [6.07, 6.45) is -0.119. The summed E-state index contributed by atoms with van der Waals surface area (Å²) in [6.45, 7) is 0.0782. The molecule has 1 heterocycles. The van der Waals surface area contributed by atoms with Gasteiger partial charge in [-0.25, -0.2) is 4.39 Å². The van der Waals surface area contributed by atoms with Crippen molar-refractivity contribution >= 4 is 23.7 Å². The topological polar surface area (TPSA) is 92.8 Å². The Kier molecular flexibility index (Phi) is 6.49. The lowest BCUT2D eigenvalue weighted by Gasteiger charge is -2.19. The van der Waals surface area contributed by atoms with Crippen molar-refractivity contribution in [2.45, 2.75) is 19.0 Å². The van der Waals surface area contributed by atoms with Gasteiger partial charge in [0.2, 0.25) is 0 Å². The first-order chi connectivity index (χ1) is 16.4. The average Bonchev–Trinajstić information content (AvgIpc) is 3.09. The Balaban J connectivity index is 1.46. The molecule has 8 heteroatoms. The highest BCUT2D eigenvalue weighted by atomic mass is 19.1. The van der Waals surface area contributed by atoms with Gasteiger partial charge in [0.15, 0.2) is 0 Å². The van der Waals surface area contributed by atoms with Crippen LogP contribution < -0.4 is 5.32 Å². The van der Waals surface area contributed by atoms with E-state index >= 15 is 0 Å². The van der Waals surface area contributed by atoms with Crippen molar-refractivity contribution in [3.05, 3.63) is 106 Å². The number of methoxy groups -OCH3 is 1. The maximum Gasteiger partial charge on any atom is 0.307 e. The molecule has 172 valence electrons. The number of imide groups is 1. The lowest BCUT2D eigenvalue weighted by molar-refractivity contribution is -0.141. The van der Waals surface area contributed by atoms with E-state index in [-0.39, 0.29) is 24.8 Å². The predicted octanol–water partition coefficient (Wildman–Crippen LogP) is 3.66. The van der Waals surface area contributed by atoms with Crippen molar-refractivity contribution in [3.63, 3.8) is 0 Å². The number of benzene rings is 3. The van der Waals surface area contributed by atoms with E-state index in [9.17, 15) is 23.6 Å². The van der Waals surface area contributed by atoms with E-state index in [1.807, 2.05) is 0 Å². The van der Waals surface area contributed by atoms with Gasteiger partial charge in [-0.2, -0.15) is 0 Å². The van der Waals surface area contributed by atoms with E-state index in [0.717, 1.165) is 0 Å². The summed E-state index contributed by atoms with van der Waals surface area (Å²) in [5.41, 5.74) is 2.31. The van der Waals surface area contributed by atoms with Gasteiger partial charge in [0.1, 0.15) is 5.82 Å². The molecule has 7 nitrogen and oxygen atoms in total. The molecule has 1 atom stereocenters. The average molecular weight is 460 g/mol. The standard InChI is InChI=1S/C26H21FN2O5/c1-34-23(30)14-22(17-10-12-19(27)13-11-17)28-24(31)18-8-6-16(7-9-18)15-29-25(32)20-4-2-3-5-21(20)26(29)33/h2-13,22H,14-15H2,1H3,(H,28,31). The molecule has 0 bridgehead atoms. The number of carbonyl (C=O) groups excluding carboxylic acids is 4. The highest BCUT2D eigenvalue weighted by Crippen LogP contribution is 2.24. The number of nitrogens with one attached hydrogen (secondary N) is 1. The fourth-order valence-electron chi connectivity index (χ4n) is 3.77. The highest BCUT2D eigenvalue weighted by molar-refractivity contribution is 6.21. The molecule has 3 aromatic carbocycles. The van der Waals surface area contributed by atoms with Gasteiger partial charge in [-0.15, -0.1) is 0 Å². The largest absolute Gasteiger partial charge is 0.469 e. The van der Waals surface area contributed by atoms with Crippen molar-refractivity contribution in [2.24, 2.45) is 0 Å². The van der Waals surface area contributed by atoms with Gasteiger partial charge in [-0.05, 0) is 47.5 Å². The molecule has 4 rings (SSSR count). The van der Waals surface area contributed by atoms with Crippen molar-refractivity contribution in [2.75, 3.05) is 7.11 Å². The molecule has 1 unspecified atom stereocenters. The third-order valence-corrected chi connectivity index (χ3v) is 5.61. The first-order valence-electron chi connectivity index (χ1n) is 10.5. The molecule has 0 radical (unpaired) electrons. The SMILES string of the molecule is COC(=O)CC(NC(=O)c1ccc(CN2C(=O)c3ccccc3C2=O)cc1)c1ccc(F)cc1. The normalized spacial score (nSPS) is 13.4. The van der Waals surface area contributed by atoms with Gasteiger partial charge in [-0.1, -0.05) is 36.4 Å². The minimum atomic E-state index is -0.710. The molecule has 0 fully saturated rings. The van der Waals surface area contributed by atoms with Crippen molar-refractivity contribution in [1.82, 2.24) is 10.2 Å². The van der Waals surface area contributed by atoms with Crippen LogP contribution >= 0.6 is 0 Å². The fourth-order valence-corrected chi connectivity index (χ4v) is 3.77. The number of halogens is 1. The zero-order valence-corrected chi connectivity index (χ0v) is 18.3. The Morgan fingerprint density at radius 1 is 0.912 bits per heavy atom. The Labute approximate surface area is 195 Å². The summed E-state index contributed by atoms with van der Waals surface area (Å²) in [4.78, 5) is 50.9. The monoisotopic (exact) mass is 460 g/mol. The minimum Gasteiger partial charge on any atom is -0.469 e. The number of amides is 3. The zero-order valence-electron chi connectivity index (χ0n) is 18.3. The van der Waals surface area contributed by atoms with Crippen molar-refractivity contribution in [1.29, 1.82) is 0 Å². The van der Waals surface area contributed by atoms with E-state index < -0.39 is 23.7 Å². The van der Waals surface area contributed by atoms with Gasteiger partial charge < -0.3 is 10.1 Å². The third kappa shape index (κ3) is 4.71. The summed E-state index contributed by atoms with van der Waals surface area (Å²) in [7, 11) is 1.25. The predicted molar refractivity (Wildman–Crippen MR) is 120 cm³/mol. The maximum absolute atomic E-state index is 13.3. The van der Waals surface area contributed by atoms with Crippen molar-refractivity contribution in [3.8, 4) is 0 Å². The summed E-state index contributed by atoms with van der Waals surface area (Å²) < 4.78 is 18.0. The molecule has 0 saturated carbocycles. The van der Waals surface area contributed by atoms with Crippen LogP contribution in [0.1, 0.15) is 54.7 Å². The number of hydrogen-bond donors (Lipinski definition) is 1. The first-order valence-corrected chi connectivity index (χ1v) is 10.5. The quantitative estimate of drug-likeness (QED) is 0.429. The minimum absolute atomic E-state index is 0.0782. The van der Waals surface area contributed by atoms with Crippen LogP contribution in [-0.4, -0.2) is 35.7 Å². The second-order valence-corrected chi connectivity index (χ2v) is 7.80. The summed E-state index contributed by atoms with van der Waals surface area (Å²) >= 11 is 0. The maximum atomic E-state index is 13.3. The highest BCUT2D eigenvalue weighted by Gasteiger charge is 2.34. The molecule has 0 spiro atoms. The number of esters is 1. The van der Waals surface area contributed by atoms with E-state index in [1.165, 1.54) is 36.3 Å². The van der Waals surface area contributed by atoms with Gasteiger partial charge in [0.25, 0.3) is 17.7 Å². The van der Waals surface area contributed by atoms with E-state index in [4.69, 9.17) is 4.74 Å². The number of fused-ring (bicyclic) bond motifs is 1. The van der Waals surface area contributed by atoms with E-state index in [2.05, 4.69) is 5.32 Å². The number of carbonyl (C=O) groups is 4. The van der Waals surface area contributed by atoms with Crippen LogP contribution in [-0.2, 0) is 16.1 Å². The smallest absolute Gasteiger partial charge is 0.307 e. The van der Waals surface area contributed by atoms with Gasteiger partial charge in [0, 0.05) is 5.56 Å². The van der Waals surface area contributed by atoms with Crippen molar-refractivity contribution < 1.29 is 28.3 Å². The van der Waals surface area contributed by atoms with Crippen LogP contribution in [0, 0.1) is 5.82 Å². The second kappa shape index (κ2) is 9.66. The van der Waals surface area contributed by atoms with Gasteiger partial charge in [-0.3, -0.25) is 24.1 Å². The second-order valence-electron chi connectivity index (χ2n) is 7.80. The molecule has 1 aliphatic rings. The lowest BCUT2D eigenvalue weighted by atomic mass is 10.0. The third-order valence-electron chi connectivity index (χ3n) is 5.61. The number of ether oxygens (including phenoxy) is 1. The number of hydrogen-bond acceptors (Lipinski definition) is 5. The Bertz CT molecular complexity index is 1220. The Hall–Kier alpha value is -4.33. The molecule has 1 N–H and O–H groups in total. The van der Waals surface area contributed by atoms with Crippen LogP contribution in [0.25, 0.3) is 0 Å². The number of nitrogens with zero attached hydrogens (tertiary/aromatic N) is 1. The number of rotatable bonds is 7. The molecular formula is C26H21FN2O5. The summed E-state index contributed by atoms with van der Waals surface area (Å²) in [6, 6.07) is 17.9. The van der Waals surface area contributed by atoms with Gasteiger partial charge >= 0.3 is 5.97 Å². The fraction of sp³-hybridized carbons (Fsp3) is 0.154. The molecule has 0 aromatic heterocycles. The van der Waals surface area contributed by atoms with Crippen LogP contribution in [0.3, 0.4) is 0 Å². The summed E-state index contributed by atoms with van der Waals surface area (Å²) in [5, 5.41) is 2.77. The molecule has 3 aromatic rings. The van der Waals surface area contributed by atoms with Gasteiger partial charge in [0.05, 0.1) is 37.2 Å². The molecular weight excluding hydrogens is 439 g/mol. The van der Waals surface area contributed by atoms with E-state index in [1.54, 1.807) is 48.5 Å². The van der Waals surface area contributed by atoms with Crippen LogP contribution in [0.2, 0.25) is 0 Å². The van der Waals surface area contributed by atoms with Crippen LogP contribution in [0.5, 0.6) is 0 Å².